The lowest BCUT2D eigenvalue weighted by Gasteiger charge is -2.39. The molecule has 6 heteroatoms. The average Bonchev–Trinajstić information content (AvgIpc) is 2.57. The molecule has 1 saturated heterocycles. The smallest absolute Gasteiger partial charge is 0.223 e. The van der Waals surface area contributed by atoms with Gasteiger partial charge in [-0.25, -0.2) is 9.97 Å². The van der Waals surface area contributed by atoms with E-state index in [0.29, 0.717) is 12.4 Å². The summed E-state index contributed by atoms with van der Waals surface area (Å²) in [7, 11) is 0. The molecular weight excluding hydrogens is 308 g/mol. The largest absolute Gasteiger partial charge is 0.348 e. The summed E-state index contributed by atoms with van der Waals surface area (Å²) < 4.78 is 0. The molecule has 0 saturated carbocycles. The Morgan fingerprint density at radius 3 is 2.61 bits per heavy atom. The maximum atomic E-state index is 12.2. The highest BCUT2D eigenvalue weighted by molar-refractivity contribution is 7.98. The maximum Gasteiger partial charge on any atom is 0.223 e. The van der Waals surface area contributed by atoms with Gasteiger partial charge in [-0.1, -0.05) is 12.1 Å². The highest BCUT2D eigenvalue weighted by Crippen LogP contribution is 2.17. The van der Waals surface area contributed by atoms with Crippen LogP contribution >= 0.6 is 11.8 Å². The van der Waals surface area contributed by atoms with Gasteiger partial charge in [0.2, 0.25) is 11.9 Å². The number of carbonyl (C=O) groups is 1. The molecule has 1 aliphatic heterocycles. The number of hydrogen-bond acceptors (Lipinski definition) is 5. The van der Waals surface area contributed by atoms with E-state index >= 15 is 0 Å². The summed E-state index contributed by atoms with van der Waals surface area (Å²) >= 11 is 1.73. The van der Waals surface area contributed by atoms with Crippen molar-refractivity contribution in [2.24, 2.45) is 0 Å². The van der Waals surface area contributed by atoms with E-state index in [-0.39, 0.29) is 11.9 Å². The van der Waals surface area contributed by atoms with Crippen LogP contribution in [0.4, 0.5) is 5.95 Å². The van der Waals surface area contributed by atoms with Crippen molar-refractivity contribution in [2.45, 2.75) is 23.8 Å². The van der Waals surface area contributed by atoms with Crippen molar-refractivity contribution in [2.75, 3.05) is 24.7 Å². The Kier molecular flexibility index (Phi) is 5.12. The summed E-state index contributed by atoms with van der Waals surface area (Å²) in [4.78, 5) is 23.6. The third-order valence-electron chi connectivity index (χ3n) is 3.92. The zero-order valence-electron chi connectivity index (χ0n) is 13.1. The molecule has 23 heavy (non-hydrogen) atoms. The van der Waals surface area contributed by atoms with Gasteiger partial charge < -0.3 is 10.2 Å². The number of nitrogens with one attached hydrogen (secondary N) is 1. The van der Waals surface area contributed by atoms with Crippen LogP contribution in [-0.4, -0.2) is 46.2 Å². The summed E-state index contributed by atoms with van der Waals surface area (Å²) in [6, 6.07) is 10.5. The standard InChI is InChI=1S/C17H20N4OS/c1-23-15-6-3-13(4-7-15)5-8-16(22)21-11-14(12-21)20-17-18-9-2-10-19-17/h2-4,6-7,9-10,14H,5,8,11-12H2,1H3,(H,18,19,20). The van der Waals surface area contributed by atoms with Gasteiger partial charge in [0.1, 0.15) is 0 Å². The van der Waals surface area contributed by atoms with Gasteiger partial charge in [0.15, 0.2) is 0 Å². The van der Waals surface area contributed by atoms with Crippen LogP contribution in [0.15, 0.2) is 47.6 Å². The van der Waals surface area contributed by atoms with Crippen molar-refractivity contribution in [1.82, 2.24) is 14.9 Å². The predicted octanol–water partition coefficient (Wildman–Crippen LogP) is 2.45. The molecule has 1 aliphatic rings. The second kappa shape index (κ2) is 7.46. The lowest BCUT2D eigenvalue weighted by molar-refractivity contribution is -0.135. The number of hydrogen-bond donors (Lipinski definition) is 1. The molecule has 120 valence electrons. The minimum atomic E-state index is 0.214. The number of thioether (sulfide) groups is 1. The number of benzene rings is 1. The SMILES string of the molecule is CSc1ccc(CCC(=O)N2CC(Nc3ncccn3)C2)cc1. The Balaban J connectivity index is 1.40. The first-order valence-electron chi connectivity index (χ1n) is 7.69. The molecule has 1 aromatic carbocycles. The van der Waals surface area contributed by atoms with E-state index in [1.165, 1.54) is 10.5 Å². The zero-order chi connectivity index (χ0) is 16.1. The average molecular weight is 328 g/mol. The molecule has 1 aromatic heterocycles. The van der Waals surface area contributed by atoms with Crippen LogP contribution in [0.1, 0.15) is 12.0 Å². The molecule has 0 spiro atoms. The van der Waals surface area contributed by atoms with E-state index in [1.54, 1.807) is 30.2 Å². The van der Waals surface area contributed by atoms with Crippen LogP contribution in [0, 0.1) is 0 Å². The lowest BCUT2D eigenvalue weighted by atomic mass is 10.1. The Hall–Kier alpha value is -2.08. The molecule has 1 amide bonds. The van der Waals surface area contributed by atoms with Crippen LogP contribution in [0.25, 0.3) is 0 Å². The number of likely N-dealkylation sites (tertiary alicyclic amines) is 1. The maximum absolute atomic E-state index is 12.2. The lowest BCUT2D eigenvalue weighted by Crippen LogP contribution is -2.57. The van der Waals surface area contributed by atoms with Crippen molar-refractivity contribution in [3.8, 4) is 0 Å². The van der Waals surface area contributed by atoms with Crippen molar-refractivity contribution in [1.29, 1.82) is 0 Å². The fraction of sp³-hybridized carbons (Fsp3) is 0.353. The van der Waals surface area contributed by atoms with Gasteiger partial charge in [0.25, 0.3) is 0 Å². The Morgan fingerprint density at radius 2 is 1.96 bits per heavy atom. The van der Waals surface area contributed by atoms with Crippen LogP contribution in [0.5, 0.6) is 0 Å². The molecule has 5 nitrogen and oxygen atoms in total. The van der Waals surface area contributed by atoms with E-state index in [2.05, 4.69) is 45.8 Å². The molecule has 0 unspecified atom stereocenters. The Bertz CT molecular complexity index is 641. The van der Waals surface area contributed by atoms with Gasteiger partial charge in [-0.05, 0) is 36.4 Å². The second-order valence-corrected chi connectivity index (χ2v) is 6.44. The van der Waals surface area contributed by atoms with Crippen LogP contribution in [-0.2, 0) is 11.2 Å². The summed E-state index contributed by atoms with van der Waals surface area (Å²) in [5.74, 6) is 0.837. The van der Waals surface area contributed by atoms with Crippen molar-refractivity contribution in [3.63, 3.8) is 0 Å². The van der Waals surface area contributed by atoms with E-state index in [9.17, 15) is 4.79 Å². The number of aryl methyl sites for hydroxylation is 1. The molecule has 0 atom stereocenters. The second-order valence-electron chi connectivity index (χ2n) is 5.56. The number of anilines is 1. The summed E-state index contributed by atoms with van der Waals surface area (Å²) in [6.07, 6.45) is 6.84. The van der Waals surface area contributed by atoms with Crippen LogP contribution in [0.3, 0.4) is 0 Å². The van der Waals surface area contributed by atoms with Gasteiger partial charge in [0, 0.05) is 36.8 Å². The highest BCUT2D eigenvalue weighted by atomic mass is 32.2. The number of amides is 1. The van der Waals surface area contributed by atoms with Gasteiger partial charge in [-0.15, -0.1) is 11.8 Å². The Morgan fingerprint density at radius 1 is 1.26 bits per heavy atom. The quantitative estimate of drug-likeness (QED) is 0.826. The topological polar surface area (TPSA) is 58.1 Å². The number of nitrogens with zero attached hydrogens (tertiary/aromatic N) is 3. The third kappa shape index (κ3) is 4.22. The van der Waals surface area contributed by atoms with Crippen molar-refractivity contribution in [3.05, 3.63) is 48.3 Å². The highest BCUT2D eigenvalue weighted by Gasteiger charge is 2.30. The first kappa shape index (κ1) is 15.8. The van der Waals surface area contributed by atoms with Gasteiger partial charge in [-0.3, -0.25) is 4.79 Å². The van der Waals surface area contributed by atoms with Crippen LogP contribution in [0.2, 0.25) is 0 Å². The van der Waals surface area contributed by atoms with E-state index in [1.807, 2.05) is 4.90 Å². The predicted molar refractivity (Wildman–Crippen MR) is 92.6 cm³/mol. The molecule has 1 N–H and O–H groups in total. The van der Waals surface area contributed by atoms with Crippen molar-refractivity contribution < 1.29 is 4.79 Å². The number of rotatable bonds is 6. The van der Waals surface area contributed by atoms with Crippen molar-refractivity contribution >= 4 is 23.6 Å². The molecular formula is C17H20N4OS. The molecule has 1 fully saturated rings. The first-order chi connectivity index (χ1) is 11.2. The molecule has 3 rings (SSSR count). The number of carbonyl (C=O) groups excluding carboxylic acids is 1. The first-order valence-corrected chi connectivity index (χ1v) is 8.91. The monoisotopic (exact) mass is 328 g/mol. The molecule has 0 radical (unpaired) electrons. The molecule has 2 aromatic rings. The summed E-state index contributed by atoms with van der Waals surface area (Å²) in [6.45, 7) is 1.45. The zero-order valence-corrected chi connectivity index (χ0v) is 13.9. The minimum absolute atomic E-state index is 0.214. The fourth-order valence-corrected chi connectivity index (χ4v) is 2.94. The minimum Gasteiger partial charge on any atom is -0.348 e. The Labute approximate surface area is 140 Å². The van der Waals surface area contributed by atoms with Gasteiger partial charge >= 0.3 is 0 Å². The molecule has 0 aliphatic carbocycles. The molecule has 2 heterocycles. The third-order valence-corrected chi connectivity index (χ3v) is 4.66. The van der Waals surface area contributed by atoms with E-state index in [0.717, 1.165) is 19.5 Å². The summed E-state index contributed by atoms with van der Waals surface area (Å²) in [5.41, 5.74) is 1.21. The van der Waals surface area contributed by atoms with E-state index < -0.39 is 0 Å². The van der Waals surface area contributed by atoms with Gasteiger partial charge in [-0.2, -0.15) is 0 Å². The van der Waals surface area contributed by atoms with E-state index in [4.69, 9.17) is 0 Å². The molecule has 0 bridgehead atoms. The number of aromatic nitrogens is 2. The normalized spacial score (nSPS) is 14.4. The van der Waals surface area contributed by atoms with Crippen LogP contribution < -0.4 is 5.32 Å². The fourth-order valence-electron chi connectivity index (χ4n) is 2.53. The van der Waals surface area contributed by atoms with Gasteiger partial charge in [0.05, 0.1) is 6.04 Å². The summed E-state index contributed by atoms with van der Waals surface area (Å²) in [5, 5.41) is 3.23.